The molecular formula is C15H25NO. The zero-order valence-electron chi connectivity index (χ0n) is 11.0. The molecule has 1 rings (SSSR count). The van der Waals surface area contributed by atoms with Crippen LogP contribution in [0.15, 0.2) is 24.3 Å². The van der Waals surface area contributed by atoms with Crippen LogP contribution in [0, 0.1) is 0 Å². The Morgan fingerprint density at radius 1 is 0.941 bits per heavy atom. The molecule has 0 aromatic heterocycles. The Labute approximate surface area is 105 Å². The molecule has 1 aromatic rings. The normalized spacial score (nSPS) is 10.7. The summed E-state index contributed by atoms with van der Waals surface area (Å²) < 4.78 is 5.64. The van der Waals surface area contributed by atoms with Crippen LogP contribution in [0.4, 0.5) is 0 Å². The van der Waals surface area contributed by atoms with Crippen molar-refractivity contribution in [3.05, 3.63) is 35.4 Å². The highest BCUT2D eigenvalue weighted by molar-refractivity contribution is 5.21. The Morgan fingerprint density at radius 3 is 2.24 bits per heavy atom. The van der Waals surface area contributed by atoms with Gasteiger partial charge in [0.05, 0.1) is 6.61 Å². The molecule has 2 N–H and O–H groups in total. The summed E-state index contributed by atoms with van der Waals surface area (Å²) in [5.41, 5.74) is 7.95. The van der Waals surface area contributed by atoms with E-state index in [4.69, 9.17) is 10.5 Å². The summed E-state index contributed by atoms with van der Waals surface area (Å²) in [5.74, 6) is 0. The van der Waals surface area contributed by atoms with Crippen LogP contribution in [0.3, 0.4) is 0 Å². The fraction of sp³-hybridized carbons (Fsp3) is 0.600. The minimum atomic E-state index is 0.610. The van der Waals surface area contributed by atoms with E-state index in [2.05, 4.69) is 31.2 Å². The molecule has 0 aliphatic carbocycles. The predicted molar refractivity (Wildman–Crippen MR) is 72.7 cm³/mol. The Bertz CT molecular complexity index is 281. The largest absolute Gasteiger partial charge is 0.377 e. The molecule has 0 aliphatic heterocycles. The lowest BCUT2D eigenvalue weighted by molar-refractivity contribution is 0.116. The Hall–Kier alpha value is -0.860. The average molecular weight is 235 g/mol. The third-order valence-corrected chi connectivity index (χ3v) is 2.92. The molecule has 0 radical (unpaired) electrons. The second kappa shape index (κ2) is 9.20. The molecule has 1 aromatic carbocycles. The molecule has 0 saturated carbocycles. The number of ether oxygens (including phenoxy) is 1. The number of nitrogens with two attached hydrogens (primary N) is 1. The Balaban J connectivity index is 2.05. The molecule has 0 aliphatic rings. The van der Waals surface area contributed by atoms with E-state index in [1.54, 1.807) is 0 Å². The Kier molecular flexibility index (Phi) is 7.69. The molecule has 17 heavy (non-hydrogen) atoms. The van der Waals surface area contributed by atoms with Gasteiger partial charge in [-0.05, 0) is 17.5 Å². The lowest BCUT2D eigenvalue weighted by atomic mass is 10.1. The van der Waals surface area contributed by atoms with Gasteiger partial charge in [0.15, 0.2) is 0 Å². The van der Waals surface area contributed by atoms with Crippen LogP contribution in [-0.2, 0) is 17.9 Å². The molecule has 0 atom stereocenters. The van der Waals surface area contributed by atoms with Crippen LogP contribution in [0.2, 0.25) is 0 Å². The summed E-state index contributed by atoms with van der Waals surface area (Å²) in [6.45, 7) is 4.45. The lowest BCUT2D eigenvalue weighted by Crippen LogP contribution is -1.98. The molecule has 0 heterocycles. The van der Waals surface area contributed by atoms with E-state index < -0.39 is 0 Å². The third-order valence-electron chi connectivity index (χ3n) is 2.92. The van der Waals surface area contributed by atoms with E-state index in [1.807, 2.05) is 0 Å². The first-order valence-electron chi connectivity index (χ1n) is 6.72. The van der Waals surface area contributed by atoms with Gasteiger partial charge < -0.3 is 10.5 Å². The molecule has 0 amide bonds. The van der Waals surface area contributed by atoms with Gasteiger partial charge in [-0.25, -0.2) is 0 Å². The van der Waals surface area contributed by atoms with Gasteiger partial charge in [-0.3, -0.25) is 0 Å². The highest BCUT2D eigenvalue weighted by Crippen LogP contribution is 2.07. The molecule has 96 valence electrons. The van der Waals surface area contributed by atoms with E-state index in [0.29, 0.717) is 6.54 Å². The van der Waals surface area contributed by atoms with Crippen molar-refractivity contribution >= 4 is 0 Å². The summed E-state index contributed by atoms with van der Waals surface area (Å²) >= 11 is 0. The first-order valence-corrected chi connectivity index (χ1v) is 6.72. The first-order chi connectivity index (χ1) is 8.36. The second-order valence-electron chi connectivity index (χ2n) is 4.49. The van der Waals surface area contributed by atoms with Crippen LogP contribution in [0.25, 0.3) is 0 Å². The van der Waals surface area contributed by atoms with E-state index >= 15 is 0 Å². The maximum absolute atomic E-state index is 5.64. The molecule has 0 saturated heterocycles. The summed E-state index contributed by atoms with van der Waals surface area (Å²) in [5, 5.41) is 0. The van der Waals surface area contributed by atoms with Gasteiger partial charge in [0.2, 0.25) is 0 Å². The Morgan fingerprint density at radius 2 is 1.59 bits per heavy atom. The molecule has 0 bridgehead atoms. The molecule has 0 fully saturated rings. The fourth-order valence-electron chi connectivity index (χ4n) is 1.77. The molecule has 2 nitrogen and oxygen atoms in total. The van der Waals surface area contributed by atoms with Gasteiger partial charge in [-0.2, -0.15) is 0 Å². The number of rotatable bonds is 9. The van der Waals surface area contributed by atoms with Crippen molar-refractivity contribution in [1.29, 1.82) is 0 Å². The zero-order valence-corrected chi connectivity index (χ0v) is 11.0. The maximum Gasteiger partial charge on any atom is 0.0716 e. The SMILES string of the molecule is CCCCCCCOCc1ccc(CN)cc1. The van der Waals surface area contributed by atoms with E-state index in [1.165, 1.54) is 43.2 Å². The van der Waals surface area contributed by atoms with E-state index in [-0.39, 0.29) is 0 Å². The number of unbranched alkanes of at least 4 members (excludes halogenated alkanes) is 4. The van der Waals surface area contributed by atoms with Gasteiger partial charge in [0.1, 0.15) is 0 Å². The first kappa shape index (κ1) is 14.2. The van der Waals surface area contributed by atoms with Crippen molar-refractivity contribution in [3.8, 4) is 0 Å². The van der Waals surface area contributed by atoms with Crippen LogP contribution in [0.5, 0.6) is 0 Å². The highest BCUT2D eigenvalue weighted by atomic mass is 16.5. The van der Waals surface area contributed by atoms with Crippen LogP contribution in [-0.4, -0.2) is 6.61 Å². The summed E-state index contributed by atoms with van der Waals surface area (Å²) in [4.78, 5) is 0. The monoisotopic (exact) mass is 235 g/mol. The second-order valence-corrected chi connectivity index (χ2v) is 4.49. The minimum absolute atomic E-state index is 0.610. The summed E-state index contributed by atoms with van der Waals surface area (Å²) in [6, 6.07) is 8.33. The van der Waals surface area contributed by atoms with Crippen LogP contribution in [0.1, 0.15) is 50.2 Å². The van der Waals surface area contributed by atoms with Gasteiger partial charge >= 0.3 is 0 Å². The minimum Gasteiger partial charge on any atom is -0.377 e. The molecular weight excluding hydrogens is 210 g/mol. The van der Waals surface area contributed by atoms with Crippen molar-refractivity contribution in [1.82, 2.24) is 0 Å². The van der Waals surface area contributed by atoms with Crippen molar-refractivity contribution in [3.63, 3.8) is 0 Å². The average Bonchev–Trinajstić information content (AvgIpc) is 2.38. The van der Waals surface area contributed by atoms with E-state index in [0.717, 1.165) is 13.2 Å². The fourth-order valence-corrected chi connectivity index (χ4v) is 1.77. The van der Waals surface area contributed by atoms with Crippen molar-refractivity contribution in [2.24, 2.45) is 5.73 Å². The van der Waals surface area contributed by atoms with Crippen molar-refractivity contribution < 1.29 is 4.74 Å². The van der Waals surface area contributed by atoms with Gasteiger partial charge in [0, 0.05) is 13.2 Å². The summed E-state index contributed by atoms with van der Waals surface area (Å²) in [6.07, 6.45) is 6.46. The molecule has 0 unspecified atom stereocenters. The number of benzene rings is 1. The highest BCUT2D eigenvalue weighted by Gasteiger charge is 1.94. The van der Waals surface area contributed by atoms with Crippen LogP contribution >= 0.6 is 0 Å². The van der Waals surface area contributed by atoms with Gasteiger partial charge in [-0.15, -0.1) is 0 Å². The van der Waals surface area contributed by atoms with Gasteiger partial charge in [-0.1, -0.05) is 56.9 Å². The smallest absolute Gasteiger partial charge is 0.0716 e. The van der Waals surface area contributed by atoms with Gasteiger partial charge in [0.25, 0.3) is 0 Å². The van der Waals surface area contributed by atoms with Crippen LogP contribution < -0.4 is 5.73 Å². The van der Waals surface area contributed by atoms with Crippen molar-refractivity contribution in [2.75, 3.05) is 6.61 Å². The number of hydrogen-bond donors (Lipinski definition) is 1. The lowest BCUT2D eigenvalue weighted by Gasteiger charge is -2.05. The third kappa shape index (κ3) is 6.44. The van der Waals surface area contributed by atoms with E-state index in [9.17, 15) is 0 Å². The van der Waals surface area contributed by atoms with Crippen molar-refractivity contribution in [2.45, 2.75) is 52.2 Å². The maximum atomic E-state index is 5.64. The molecule has 0 spiro atoms. The zero-order chi connectivity index (χ0) is 12.3. The summed E-state index contributed by atoms with van der Waals surface area (Å²) in [7, 11) is 0. The molecule has 2 heteroatoms. The predicted octanol–water partition coefficient (Wildman–Crippen LogP) is 3.63. The topological polar surface area (TPSA) is 35.2 Å². The quantitative estimate of drug-likeness (QED) is 0.663. The standard InChI is InChI=1S/C15H25NO/c1-2-3-4-5-6-11-17-13-15-9-7-14(12-16)8-10-15/h7-10H,2-6,11-13,16H2,1H3. The number of hydrogen-bond acceptors (Lipinski definition) is 2.